The van der Waals surface area contributed by atoms with Gasteiger partial charge in [-0.15, -0.1) is 11.3 Å². The van der Waals surface area contributed by atoms with Crippen LogP contribution in [-0.2, 0) is 6.42 Å². The van der Waals surface area contributed by atoms with Crippen molar-refractivity contribution in [1.29, 1.82) is 0 Å². The van der Waals surface area contributed by atoms with Gasteiger partial charge in [-0.2, -0.15) is 0 Å². The van der Waals surface area contributed by atoms with Crippen molar-refractivity contribution in [3.63, 3.8) is 0 Å². The van der Waals surface area contributed by atoms with Gasteiger partial charge in [-0.05, 0) is 43.5 Å². The van der Waals surface area contributed by atoms with E-state index in [1.165, 1.54) is 21.6 Å². The third kappa shape index (κ3) is 2.96. The maximum atomic E-state index is 3.43. The molecule has 90 valence electrons. The molecular formula is C15H19NS. The molecule has 1 aromatic carbocycles. The highest BCUT2D eigenvalue weighted by Crippen LogP contribution is 2.24. The summed E-state index contributed by atoms with van der Waals surface area (Å²) >= 11 is 1.83. The maximum Gasteiger partial charge on any atom is 0.0369 e. The molecule has 2 aromatic rings. The van der Waals surface area contributed by atoms with E-state index in [0.717, 1.165) is 6.42 Å². The Labute approximate surface area is 108 Å². The van der Waals surface area contributed by atoms with Crippen LogP contribution in [0.1, 0.15) is 27.6 Å². The van der Waals surface area contributed by atoms with Crippen molar-refractivity contribution in [2.75, 3.05) is 7.05 Å². The van der Waals surface area contributed by atoms with E-state index in [-0.39, 0.29) is 0 Å². The third-order valence-corrected chi connectivity index (χ3v) is 4.04. The van der Waals surface area contributed by atoms with E-state index in [0.29, 0.717) is 6.04 Å². The molecule has 0 spiro atoms. The number of benzene rings is 1. The largest absolute Gasteiger partial charge is 0.313 e. The first-order valence-corrected chi connectivity index (χ1v) is 6.85. The van der Waals surface area contributed by atoms with Crippen molar-refractivity contribution in [1.82, 2.24) is 5.32 Å². The van der Waals surface area contributed by atoms with Gasteiger partial charge in [0.2, 0.25) is 0 Å². The molecule has 0 fully saturated rings. The average molecular weight is 245 g/mol. The molecular weight excluding hydrogens is 226 g/mol. The molecule has 2 rings (SSSR count). The van der Waals surface area contributed by atoms with E-state index >= 15 is 0 Å². The summed E-state index contributed by atoms with van der Waals surface area (Å²) in [6.07, 6.45) is 1.07. The van der Waals surface area contributed by atoms with Crippen LogP contribution in [0, 0.1) is 13.8 Å². The SMILES string of the molecule is CNC(Cc1cccs1)c1cc(C)ccc1C. The van der Waals surface area contributed by atoms with Gasteiger partial charge in [0.25, 0.3) is 0 Å². The average Bonchev–Trinajstić information content (AvgIpc) is 2.82. The lowest BCUT2D eigenvalue weighted by Gasteiger charge is -2.19. The van der Waals surface area contributed by atoms with Gasteiger partial charge in [0, 0.05) is 17.3 Å². The second kappa shape index (κ2) is 5.48. The van der Waals surface area contributed by atoms with Crippen LogP contribution in [-0.4, -0.2) is 7.05 Å². The van der Waals surface area contributed by atoms with Crippen LogP contribution in [0.2, 0.25) is 0 Å². The Bertz CT molecular complexity index is 474. The van der Waals surface area contributed by atoms with Crippen LogP contribution in [0.4, 0.5) is 0 Å². The number of hydrogen-bond donors (Lipinski definition) is 1. The minimum Gasteiger partial charge on any atom is -0.313 e. The normalized spacial score (nSPS) is 12.6. The van der Waals surface area contributed by atoms with Crippen molar-refractivity contribution in [3.8, 4) is 0 Å². The first-order chi connectivity index (χ1) is 8.20. The topological polar surface area (TPSA) is 12.0 Å². The molecule has 17 heavy (non-hydrogen) atoms. The van der Waals surface area contributed by atoms with E-state index in [2.05, 4.69) is 54.9 Å². The van der Waals surface area contributed by atoms with Crippen LogP contribution in [0.3, 0.4) is 0 Å². The summed E-state index contributed by atoms with van der Waals surface area (Å²) in [5, 5.41) is 5.58. The molecule has 1 heterocycles. The van der Waals surface area contributed by atoms with Crippen molar-refractivity contribution in [2.24, 2.45) is 0 Å². The predicted octanol–water partition coefficient (Wildman–Crippen LogP) is 3.87. The summed E-state index contributed by atoms with van der Waals surface area (Å²) in [7, 11) is 2.04. The maximum absolute atomic E-state index is 3.43. The zero-order valence-corrected chi connectivity index (χ0v) is 11.5. The van der Waals surface area contributed by atoms with Gasteiger partial charge < -0.3 is 5.32 Å². The molecule has 0 aliphatic rings. The van der Waals surface area contributed by atoms with Crippen molar-refractivity contribution in [2.45, 2.75) is 26.3 Å². The molecule has 0 saturated heterocycles. The zero-order valence-electron chi connectivity index (χ0n) is 10.7. The fourth-order valence-corrected chi connectivity index (χ4v) is 2.88. The molecule has 0 amide bonds. The van der Waals surface area contributed by atoms with E-state index in [9.17, 15) is 0 Å². The summed E-state index contributed by atoms with van der Waals surface area (Å²) in [5.74, 6) is 0. The van der Waals surface area contributed by atoms with E-state index in [4.69, 9.17) is 0 Å². The van der Waals surface area contributed by atoms with Crippen molar-refractivity contribution < 1.29 is 0 Å². The van der Waals surface area contributed by atoms with E-state index < -0.39 is 0 Å². The lowest BCUT2D eigenvalue weighted by molar-refractivity contribution is 0.593. The molecule has 1 nitrogen and oxygen atoms in total. The standard InChI is InChI=1S/C15H19NS/c1-11-6-7-12(2)14(9-11)15(16-3)10-13-5-4-8-17-13/h4-9,15-16H,10H2,1-3H3. The van der Waals surface area contributed by atoms with Gasteiger partial charge >= 0.3 is 0 Å². The van der Waals surface area contributed by atoms with Gasteiger partial charge in [-0.25, -0.2) is 0 Å². The Hall–Kier alpha value is -1.12. The number of rotatable bonds is 4. The first-order valence-electron chi connectivity index (χ1n) is 5.97. The van der Waals surface area contributed by atoms with Gasteiger partial charge in [-0.3, -0.25) is 0 Å². The number of thiophene rings is 1. The monoisotopic (exact) mass is 245 g/mol. The molecule has 0 bridgehead atoms. The van der Waals surface area contributed by atoms with Gasteiger partial charge in [0.05, 0.1) is 0 Å². The number of aryl methyl sites for hydroxylation is 2. The molecule has 0 saturated carbocycles. The Morgan fingerprint density at radius 1 is 1.24 bits per heavy atom. The number of nitrogens with one attached hydrogen (secondary N) is 1. The van der Waals surface area contributed by atoms with Crippen molar-refractivity contribution >= 4 is 11.3 Å². The third-order valence-electron chi connectivity index (χ3n) is 3.14. The molecule has 1 unspecified atom stereocenters. The quantitative estimate of drug-likeness (QED) is 0.862. The lowest BCUT2D eigenvalue weighted by Crippen LogP contribution is -2.19. The first kappa shape index (κ1) is 12.3. The molecule has 0 radical (unpaired) electrons. The van der Waals surface area contributed by atoms with Crippen LogP contribution in [0.25, 0.3) is 0 Å². The Morgan fingerprint density at radius 3 is 2.71 bits per heavy atom. The fraction of sp³-hybridized carbons (Fsp3) is 0.333. The van der Waals surface area contributed by atoms with Crippen LogP contribution >= 0.6 is 11.3 Å². The Morgan fingerprint density at radius 2 is 2.06 bits per heavy atom. The highest BCUT2D eigenvalue weighted by molar-refractivity contribution is 7.09. The highest BCUT2D eigenvalue weighted by atomic mass is 32.1. The summed E-state index contributed by atoms with van der Waals surface area (Å²) in [4.78, 5) is 1.44. The lowest BCUT2D eigenvalue weighted by atomic mass is 9.96. The minimum absolute atomic E-state index is 0.411. The predicted molar refractivity (Wildman–Crippen MR) is 75.7 cm³/mol. The summed E-state index contributed by atoms with van der Waals surface area (Å²) in [6, 6.07) is 11.4. The molecule has 0 aliphatic heterocycles. The second-order valence-electron chi connectivity index (χ2n) is 4.48. The fourth-order valence-electron chi connectivity index (χ4n) is 2.13. The zero-order chi connectivity index (χ0) is 12.3. The minimum atomic E-state index is 0.411. The Balaban J connectivity index is 2.25. The molecule has 0 aliphatic carbocycles. The number of hydrogen-bond acceptors (Lipinski definition) is 2. The van der Waals surface area contributed by atoms with E-state index in [1.807, 2.05) is 18.4 Å². The molecule has 1 aromatic heterocycles. The van der Waals surface area contributed by atoms with Crippen LogP contribution in [0.5, 0.6) is 0 Å². The van der Waals surface area contributed by atoms with E-state index in [1.54, 1.807) is 0 Å². The van der Waals surface area contributed by atoms with Crippen molar-refractivity contribution in [3.05, 3.63) is 57.3 Å². The summed E-state index contributed by atoms with van der Waals surface area (Å²) in [5.41, 5.74) is 4.12. The van der Waals surface area contributed by atoms with Crippen LogP contribution < -0.4 is 5.32 Å². The Kier molecular flexibility index (Phi) is 3.97. The molecule has 1 atom stereocenters. The second-order valence-corrected chi connectivity index (χ2v) is 5.52. The number of likely N-dealkylation sites (N-methyl/N-ethyl adjacent to an activating group) is 1. The highest BCUT2D eigenvalue weighted by Gasteiger charge is 2.13. The summed E-state index contributed by atoms with van der Waals surface area (Å²) < 4.78 is 0. The van der Waals surface area contributed by atoms with Gasteiger partial charge in [-0.1, -0.05) is 29.8 Å². The smallest absolute Gasteiger partial charge is 0.0369 e. The summed E-state index contributed by atoms with van der Waals surface area (Å²) in [6.45, 7) is 4.34. The molecule has 1 N–H and O–H groups in total. The van der Waals surface area contributed by atoms with Gasteiger partial charge in [0.15, 0.2) is 0 Å². The van der Waals surface area contributed by atoms with Gasteiger partial charge in [0.1, 0.15) is 0 Å². The molecule has 2 heteroatoms. The van der Waals surface area contributed by atoms with Crippen LogP contribution in [0.15, 0.2) is 35.7 Å².